The van der Waals surface area contributed by atoms with E-state index in [1.165, 1.54) is 0 Å². The van der Waals surface area contributed by atoms with Gasteiger partial charge in [0, 0.05) is 26.2 Å². The first-order valence-corrected chi connectivity index (χ1v) is 5.68. The van der Waals surface area contributed by atoms with E-state index < -0.39 is 0 Å². The highest BCUT2D eigenvalue weighted by molar-refractivity contribution is 5.80. The Morgan fingerprint density at radius 2 is 2.00 bits per heavy atom. The van der Waals surface area contributed by atoms with Crippen molar-refractivity contribution in [1.29, 1.82) is 0 Å². The van der Waals surface area contributed by atoms with Crippen molar-refractivity contribution >= 4 is 5.91 Å². The smallest absolute Gasteiger partial charge is 0.236 e. The van der Waals surface area contributed by atoms with Crippen molar-refractivity contribution in [2.45, 2.75) is 39.3 Å². The maximum atomic E-state index is 11.2. The summed E-state index contributed by atoms with van der Waals surface area (Å²) in [7, 11) is 3.77. The van der Waals surface area contributed by atoms with E-state index in [9.17, 15) is 4.79 Å². The molecule has 2 N–H and O–H groups in total. The van der Waals surface area contributed by atoms with Crippen LogP contribution in [-0.4, -0.2) is 50.1 Å². The van der Waals surface area contributed by atoms with Crippen LogP contribution >= 0.6 is 0 Å². The van der Waals surface area contributed by atoms with Crippen molar-refractivity contribution in [2.75, 3.05) is 27.2 Å². The van der Waals surface area contributed by atoms with Crippen molar-refractivity contribution in [3.8, 4) is 0 Å². The van der Waals surface area contributed by atoms with Gasteiger partial charge in [0.25, 0.3) is 0 Å². The molecule has 0 bridgehead atoms. The molecule has 0 saturated carbocycles. The number of hydrogen-bond acceptors (Lipinski definition) is 3. The Morgan fingerprint density at radius 3 is 2.47 bits per heavy atom. The molecular weight excluding hydrogens is 190 g/mol. The molecule has 0 fully saturated rings. The highest BCUT2D eigenvalue weighted by Crippen LogP contribution is 1.98. The molecule has 2 atom stereocenters. The molecule has 0 aromatic heterocycles. The minimum atomic E-state index is -0.111. The third-order valence-electron chi connectivity index (χ3n) is 2.90. The minimum Gasteiger partial charge on any atom is -0.358 e. The van der Waals surface area contributed by atoms with Crippen LogP contribution in [0.2, 0.25) is 0 Å². The Morgan fingerprint density at radius 1 is 1.40 bits per heavy atom. The second-order valence-electron chi connectivity index (χ2n) is 4.03. The van der Waals surface area contributed by atoms with Crippen LogP contribution in [0.25, 0.3) is 0 Å². The summed E-state index contributed by atoms with van der Waals surface area (Å²) in [6.07, 6.45) is 1.15. The average Bonchev–Trinajstić information content (AvgIpc) is 2.26. The topological polar surface area (TPSA) is 44.4 Å². The zero-order valence-corrected chi connectivity index (χ0v) is 10.6. The van der Waals surface area contributed by atoms with Gasteiger partial charge >= 0.3 is 0 Å². The van der Waals surface area contributed by atoms with Crippen molar-refractivity contribution in [1.82, 2.24) is 15.5 Å². The zero-order valence-electron chi connectivity index (χ0n) is 10.6. The predicted molar refractivity (Wildman–Crippen MR) is 63.9 cm³/mol. The number of carbonyl (C=O) groups excluding carboxylic acids is 1. The van der Waals surface area contributed by atoms with E-state index in [-0.39, 0.29) is 11.9 Å². The van der Waals surface area contributed by atoms with Crippen LogP contribution in [-0.2, 0) is 4.79 Å². The van der Waals surface area contributed by atoms with Crippen molar-refractivity contribution in [3.05, 3.63) is 0 Å². The molecule has 0 spiro atoms. The van der Waals surface area contributed by atoms with Gasteiger partial charge in [0.05, 0.1) is 6.04 Å². The first kappa shape index (κ1) is 14.4. The SMILES string of the molecule is CCC(C)N(C)CCNC(C)C(=O)NC. The Balaban J connectivity index is 3.65. The van der Waals surface area contributed by atoms with Crippen LogP contribution in [0.5, 0.6) is 0 Å². The Hall–Kier alpha value is -0.610. The van der Waals surface area contributed by atoms with Crippen molar-refractivity contribution in [3.63, 3.8) is 0 Å². The average molecular weight is 215 g/mol. The molecule has 0 saturated heterocycles. The molecule has 0 aliphatic rings. The molecule has 0 rings (SSSR count). The Kier molecular flexibility index (Phi) is 7.34. The second-order valence-corrected chi connectivity index (χ2v) is 4.03. The van der Waals surface area contributed by atoms with Gasteiger partial charge in [-0.1, -0.05) is 6.92 Å². The molecule has 0 aliphatic heterocycles. The number of hydrogen-bond donors (Lipinski definition) is 2. The quantitative estimate of drug-likeness (QED) is 0.648. The van der Waals surface area contributed by atoms with Crippen LogP contribution in [0.15, 0.2) is 0 Å². The van der Waals surface area contributed by atoms with Gasteiger partial charge in [0.15, 0.2) is 0 Å². The van der Waals surface area contributed by atoms with Crippen molar-refractivity contribution in [2.24, 2.45) is 0 Å². The number of amides is 1. The molecule has 15 heavy (non-hydrogen) atoms. The molecule has 0 aliphatic carbocycles. The normalized spacial score (nSPS) is 15.1. The maximum absolute atomic E-state index is 11.2. The number of rotatable bonds is 7. The largest absolute Gasteiger partial charge is 0.358 e. The van der Waals surface area contributed by atoms with Crippen LogP contribution in [0.4, 0.5) is 0 Å². The fourth-order valence-corrected chi connectivity index (χ4v) is 1.30. The molecule has 0 heterocycles. The second kappa shape index (κ2) is 7.65. The summed E-state index contributed by atoms with van der Waals surface area (Å²) in [6.45, 7) is 8.08. The summed E-state index contributed by atoms with van der Waals surface area (Å²) in [5.41, 5.74) is 0. The number of nitrogens with zero attached hydrogens (tertiary/aromatic N) is 1. The summed E-state index contributed by atoms with van der Waals surface area (Å²) >= 11 is 0. The van der Waals surface area contributed by atoms with E-state index in [4.69, 9.17) is 0 Å². The summed E-state index contributed by atoms with van der Waals surface area (Å²) in [5, 5.41) is 5.81. The number of carbonyl (C=O) groups is 1. The lowest BCUT2D eigenvalue weighted by molar-refractivity contribution is -0.122. The van der Waals surface area contributed by atoms with E-state index in [2.05, 4.69) is 36.4 Å². The lowest BCUT2D eigenvalue weighted by atomic mass is 10.2. The van der Waals surface area contributed by atoms with Crippen LogP contribution in [0, 0.1) is 0 Å². The fourth-order valence-electron chi connectivity index (χ4n) is 1.30. The molecule has 90 valence electrons. The zero-order chi connectivity index (χ0) is 11.8. The van der Waals surface area contributed by atoms with E-state index in [1.807, 2.05) is 6.92 Å². The van der Waals surface area contributed by atoms with E-state index in [0.29, 0.717) is 6.04 Å². The van der Waals surface area contributed by atoms with Crippen LogP contribution < -0.4 is 10.6 Å². The molecule has 4 nitrogen and oxygen atoms in total. The van der Waals surface area contributed by atoms with E-state index in [0.717, 1.165) is 19.5 Å². The van der Waals surface area contributed by atoms with Gasteiger partial charge in [-0.25, -0.2) is 0 Å². The summed E-state index contributed by atoms with van der Waals surface area (Å²) in [4.78, 5) is 13.5. The monoisotopic (exact) mass is 215 g/mol. The lowest BCUT2D eigenvalue weighted by Gasteiger charge is -2.24. The third-order valence-corrected chi connectivity index (χ3v) is 2.90. The predicted octanol–water partition coefficient (Wildman–Crippen LogP) is 0.441. The van der Waals surface area contributed by atoms with Gasteiger partial charge in [-0.2, -0.15) is 0 Å². The highest BCUT2D eigenvalue weighted by atomic mass is 16.2. The number of likely N-dealkylation sites (N-methyl/N-ethyl adjacent to an activating group) is 2. The van der Waals surface area contributed by atoms with Gasteiger partial charge < -0.3 is 15.5 Å². The van der Waals surface area contributed by atoms with E-state index >= 15 is 0 Å². The van der Waals surface area contributed by atoms with Crippen LogP contribution in [0.3, 0.4) is 0 Å². The molecule has 0 aromatic rings. The molecule has 4 heteroatoms. The van der Waals surface area contributed by atoms with E-state index in [1.54, 1.807) is 7.05 Å². The van der Waals surface area contributed by atoms with Gasteiger partial charge in [-0.05, 0) is 27.3 Å². The van der Waals surface area contributed by atoms with Gasteiger partial charge in [-0.15, -0.1) is 0 Å². The molecular formula is C11H25N3O. The first-order valence-electron chi connectivity index (χ1n) is 5.68. The van der Waals surface area contributed by atoms with Crippen molar-refractivity contribution < 1.29 is 4.79 Å². The van der Waals surface area contributed by atoms with Crippen LogP contribution in [0.1, 0.15) is 27.2 Å². The lowest BCUT2D eigenvalue weighted by Crippen LogP contribution is -2.44. The first-order chi connectivity index (χ1) is 7.02. The third kappa shape index (κ3) is 5.74. The summed E-state index contributed by atoms with van der Waals surface area (Å²) < 4.78 is 0. The minimum absolute atomic E-state index is 0.0428. The number of nitrogens with one attached hydrogen (secondary N) is 2. The summed E-state index contributed by atoms with van der Waals surface area (Å²) in [6, 6.07) is 0.488. The fraction of sp³-hybridized carbons (Fsp3) is 0.909. The molecule has 1 amide bonds. The van der Waals surface area contributed by atoms with Gasteiger partial charge in [0.1, 0.15) is 0 Å². The van der Waals surface area contributed by atoms with Gasteiger partial charge in [0.2, 0.25) is 5.91 Å². The standard InChI is InChI=1S/C11H25N3O/c1-6-9(2)14(5)8-7-13-10(3)11(15)12-4/h9-10,13H,6-8H2,1-5H3,(H,12,15). The highest BCUT2D eigenvalue weighted by Gasteiger charge is 2.10. The molecule has 2 unspecified atom stereocenters. The Bertz CT molecular complexity index is 185. The van der Waals surface area contributed by atoms with Gasteiger partial charge in [-0.3, -0.25) is 4.79 Å². The maximum Gasteiger partial charge on any atom is 0.236 e. The summed E-state index contributed by atoms with van der Waals surface area (Å²) in [5.74, 6) is 0.0428. The Labute approximate surface area is 93.4 Å². The molecule has 0 radical (unpaired) electrons. The molecule has 0 aromatic carbocycles.